The molecule has 0 saturated heterocycles. The van der Waals surface area contributed by atoms with Crippen molar-refractivity contribution in [1.82, 2.24) is 19.9 Å². The van der Waals surface area contributed by atoms with Crippen LogP contribution in [0.4, 0.5) is 38.2 Å². The van der Waals surface area contributed by atoms with Crippen molar-refractivity contribution in [3.8, 4) is 11.5 Å². The summed E-state index contributed by atoms with van der Waals surface area (Å²) in [7, 11) is 0. The van der Waals surface area contributed by atoms with Gasteiger partial charge in [0.05, 0.1) is 5.48 Å². The fraction of sp³-hybridized carbons (Fsp3) is 0.429. The van der Waals surface area contributed by atoms with Crippen LogP contribution in [-0.4, -0.2) is 44.3 Å². The first-order valence-corrected chi connectivity index (χ1v) is 7.39. The highest BCUT2D eigenvalue weighted by Gasteiger charge is 2.38. The zero-order valence-corrected chi connectivity index (χ0v) is 14.3. The first-order valence-electron chi connectivity index (χ1n) is 9.02. The number of hydrogen-bond acceptors (Lipinski definition) is 6. The smallest absolute Gasteiger partial charge is 0.343 e. The van der Waals surface area contributed by atoms with Gasteiger partial charge in [-0.25, -0.2) is 4.98 Å². The summed E-state index contributed by atoms with van der Waals surface area (Å²) >= 11 is 5.70. The van der Waals surface area contributed by atoms with Crippen molar-refractivity contribution < 1.29 is 31.8 Å². The Balaban J connectivity index is 2.65. The largest absolute Gasteiger partial charge is 0.408 e. The third-order valence-corrected chi connectivity index (χ3v) is 3.14. The Morgan fingerprint density at radius 3 is 2.11 bits per heavy atom. The zero-order valence-electron chi connectivity index (χ0n) is 17.5. The average molecular weight is 419 g/mol. The number of alkyl halides is 6. The molecule has 0 aliphatic heterocycles. The first-order chi connectivity index (χ1) is 13.9. The number of nitrogens with one attached hydrogen (secondary N) is 2. The van der Waals surface area contributed by atoms with Gasteiger partial charge in [0.15, 0.2) is 5.82 Å². The Hall–Kier alpha value is -2.37. The van der Waals surface area contributed by atoms with E-state index in [1.807, 2.05) is 5.32 Å². The van der Waals surface area contributed by atoms with E-state index in [9.17, 15) is 26.3 Å². The summed E-state index contributed by atoms with van der Waals surface area (Å²) < 4.78 is 108. The number of aromatic nitrogens is 4. The van der Waals surface area contributed by atoms with E-state index in [2.05, 4.69) is 19.9 Å². The Morgan fingerprint density at radius 1 is 0.963 bits per heavy atom. The maximum absolute atomic E-state index is 13.0. The molecule has 2 aromatic rings. The van der Waals surface area contributed by atoms with Crippen molar-refractivity contribution in [3.63, 3.8) is 0 Å². The number of hydrogen-bond donors (Lipinski definition) is 2. The zero-order chi connectivity index (χ0) is 23.9. The van der Waals surface area contributed by atoms with Crippen LogP contribution in [0.1, 0.15) is 19.3 Å². The molecule has 0 saturated carbocycles. The van der Waals surface area contributed by atoms with Crippen LogP contribution in [-0.2, 0) is 0 Å². The molecule has 0 bridgehead atoms. The number of pyridine rings is 1. The normalized spacial score (nSPS) is 17.8. The molecule has 0 aliphatic rings. The molecule has 2 rings (SSSR count). The number of halogens is 7. The average Bonchev–Trinajstić information content (AvgIpc) is 2.60. The van der Waals surface area contributed by atoms with Gasteiger partial charge in [0, 0.05) is 0 Å². The van der Waals surface area contributed by atoms with E-state index in [1.165, 1.54) is 0 Å². The van der Waals surface area contributed by atoms with Crippen molar-refractivity contribution in [2.24, 2.45) is 0 Å². The molecule has 148 valence electrons. The Labute approximate surface area is 160 Å². The Kier molecular flexibility index (Phi) is 4.47. The molecule has 2 N–H and O–H groups in total. The third kappa shape index (κ3) is 5.81. The molecule has 0 unspecified atom stereocenters. The summed E-state index contributed by atoms with van der Waals surface area (Å²) in [6.07, 6.45) is -9.88. The third-order valence-electron chi connectivity index (χ3n) is 2.96. The molecule has 0 aromatic carbocycles. The molecule has 0 radical (unpaired) electrons. The molecular weight excluding hydrogens is 402 g/mol. The van der Waals surface area contributed by atoms with Crippen LogP contribution < -0.4 is 10.6 Å². The van der Waals surface area contributed by atoms with Gasteiger partial charge in [0.1, 0.15) is 22.9 Å². The van der Waals surface area contributed by atoms with Gasteiger partial charge in [-0.1, -0.05) is 17.6 Å². The predicted molar refractivity (Wildman–Crippen MR) is 86.3 cm³/mol. The SMILES string of the molecule is [2H]c1c(Cl)nc(-c2nc(N[C@H](C)C(F)(F)F)nc(N[C@]([2H])(C)C(F)(F)F)n2)c([2H])c1[2H]. The second-order valence-corrected chi connectivity index (χ2v) is 5.45. The molecule has 2 heterocycles. The van der Waals surface area contributed by atoms with Crippen molar-refractivity contribution in [1.29, 1.82) is 0 Å². The molecule has 2 aromatic heterocycles. The van der Waals surface area contributed by atoms with Gasteiger partial charge in [0.25, 0.3) is 0 Å². The molecular formula is C14H13ClF6N6. The fourth-order valence-corrected chi connectivity index (χ4v) is 1.65. The van der Waals surface area contributed by atoms with Crippen LogP contribution in [0.15, 0.2) is 18.1 Å². The van der Waals surface area contributed by atoms with Gasteiger partial charge in [-0.3, -0.25) is 0 Å². The minimum atomic E-state index is -5.12. The summed E-state index contributed by atoms with van der Waals surface area (Å²) in [5.41, 5.74) is -0.585. The molecule has 2 atom stereocenters. The number of rotatable bonds is 5. The van der Waals surface area contributed by atoms with E-state index in [4.69, 9.17) is 17.1 Å². The summed E-state index contributed by atoms with van der Waals surface area (Å²) in [5.74, 6) is -2.49. The molecule has 6 nitrogen and oxygen atoms in total. The van der Waals surface area contributed by atoms with Crippen LogP contribution in [0.3, 0.4) is 0 Å². The second-order valence-electron chi connectivity index (χ2n) is 5.09. The molecule has 13 heteroatoms. The van der Waals surface area contributed by atoms with Crippen LogP contribution in [0.2, 0.25) is 5.15 Å². The first kappa shape index (κ1) is 15.7. The van der Waals surface area contributed by atoms with Gasteiger partial charge >= 0.3 is 12.4 Å². The highest BCUT2D eigenvalue weighted by molar-refractivity contribution is 6.29. The van der Waals surface area contributed by atoms with Crippen LogP contribution >= 0.6 is 11.6 Å². The van der Waals surface area contributed by atoms with E-state index in [1.54, 1.807) is 5.32 Å². The van der Waals surface area contributed by atoms with Gasteiger partial charge in [0.2, 0.25) is 11.9 Å². The molecule has 0 spiro atoms. The van der Waals surface area contributed by atoms with Crippen molar-refractivity contribution in [3.05, 3.63) is 23.3 Å². The van der Waals surface area contributed by atoms with Gasteiger partial charge in [-0.15, -0.1) is 0 Å². The summed E-state index contributed by atoms with van der Waals surface area (Å²) in [4.78, 5) is 14.3. The van der Waals surface area contributed by atoms with E-state index >= 15 is 0 Å². The van der Waals surface area contributed by atoms with E-state index in [0.29, 0.717) is 13.8 Å². The van der Waals surface area contributed by atoms with Crippen LogP contribution in [0.5, 0.6) is 0 Å². The minimum Gasteiger partial charge on any atom is -0.343 e. The molecule has 27 heavy (non-hydrogen) atoms. The topological polar surface area (TPSA) is 75.6 Å². The van der Waals surface area contributed by atoms with Crippen molar-refractivity contribution in [2.75, 3.05) is 10.6 Å². The lowest BCUT2D eigenvalue weighted by molar-refractivity contribution is -0.139. The lowest BCUT2D eigenvalue weighted by atomic mass is 10.3. The molecule has 0 amide bonds. The number of anilines is 2. The number of nitrogens with zero attached hydrogens (tertiary/aromatic N) is 4. The lowest BCUT2D eigenvalue weighted by Crippen LogP contribution is -2.35. The summed E-state index contributed by atoms with van der Waals surface area (Å²) in [6, 6.07) is -7.65. The summed E-state index contributed by atoms with van der Waals surface area (Å²) in [5, 5.41) is 2.91. The Morgan fingerprint density at radius 2 is 1.56 bits per heavy atom. The van der Waals surface area contributed by atoms with Crippen molar-refractivity contribution >= 4 is 23.5 Å². The highest BCUT2D eigenvalue weighted by atomic mass is 35.5. The highest BCUT2D eigenvalue weighted by Crippen LogP contribution is 2.26. The standard InChI is InChI=1S/C14H13ClF6N6/c1-6(13(16,17)18)22-11-25-10(8-4-3-5-9(15)24-8)26-12(27-11)23-7(2)14(19,20)21/h3-7H,1-2H3,(H2,22,23,25,26,27)/t6-,7-/m1/s1/i3D,4D,5D,6D. The van der Waals surface area contributed by atoms with E-state index < -0.39 is 71.1 Å². The predicted octanol–water partition coefficient (Wildman–Crippen LogP) is 4.31. The van der Waals surface area contributed by atoms with E-state index in [-0.39, 0.29) is 0 Å². The van der Waals surface area contributed by atoms with Gasteiger partial charge in [-0.05, 0) is 25.9 Å². The minimum absolute atomic E-state index is 0.420. The monoisotopic (exact) mass is 418 g/mol. The van der Waals surface area contributed by atoms with Crippen molar-refractivity contribution in [2.45, 2.75) is 38.3 Å². The fourth-order valence-electron chi connectivity index (χ4n) is 1.52. The maximum atomic E-state index is 13.0. The Bertz CT molecular complexity index is 987. The van der Waals surface area contributed by atoms with Gasteiger partial charge in [-0.2, -0.15) is 41.3 Å². The van der Waals surface area contributed by atoms with Gasteiger partial charge < -0.3 is 10.6 Å². The van der Waals surface area contributed by atoms with E-state index in [0.717, 1.165) is 0 Å². The quantitative estimate of drug-likeness (QED) is 0.556. The second kappa shape index (κ2) is 7.71. The van der Waals surface area contributed by atoms with Crippen LogP contribution in [0, 0.1) is 0 Å². The lowest BCUT2D eigenvalue weighted by Gasteiger charge is -2.20. The van der Waals surface area contributed by atoms with Crippen LogP contribution in [0.25, 0.3) is 11.5 Å². The molecule has 0 fully saturated rings. The molecule has 0 aliphatic carbocycles. The summed E-state index contributed by atoms with van der Waals surface area (Å²) in [6.45, 7) is 1.12. The maximum Gasteiger partial charge on any atom is 0.408 e.